The summed E-state index contributed by atoms with van der Waals surface area (Å²) in [5, 5.41) is 3.77. The van der Waals surface area contributed by atoms with Crippen LogP contribution >= 0.6 is 11.8 Å². The summed E-state index contributed by atoms with van der Waals surface area (Å²) < 4.78 is 34.9. The molecule has 1 N–H and O–H groups in total. The van der Waals surface area contributed by atoms with Gasteiger partial charge in [0, 0.05) is 5.56 Å². The van der Waals surface area contributed by atoms with Crippen LogP contribution in [0.3, 0.4) is 0 Å². The van der Waals surface area contributed by atoms with Crippen LogP contribution in [0.15, 0.2) is 23.3 Å². The van der Waals surface area contributed by atoms with E-state index in [2.05, 4.69) is 10.5 Å². The van der Waals surface area contributed by atoms with Gasteiger partial charge in [0.05, 0.1) is 18.1 Å². The summed E-state index contributed by atoms with van der Waals surface area (Å²) in [6, 6.07) is 4.99. The monoisotopic (exact) mass is 330 g/mol. The second-order valence-corrected chi connectivity index (χ2v) is 5.65. The molecule has 1 amide bonds. The zero-order valence-corrected chi connectivity index (χ0v) is 13.0. The van der Waals surface area contributed by atoms with Gasteiger partial charge in [-0.1, -0.05) is 18.7 Å². The number of nitrogens with zero attached hydrogens (tertiary/aromatic N) is 1. The lowest BCUT2D eigenvalue weighted by molar-refractivity contribution is 0.0804. The highest BCUT2D eigenvalue weighted by atomic mass is 32.2. The Morgan fingerprint density at radius 1 is 1.41 bits per heavy atom. The lowest BCUT2D eigenvalue weighted by Crippen LogP contribution is -2.31. The zero-order valence-electron chi connectivity index (χ0n) is 12.1. The lowest BCUT2D eigenvalue weighted by atomic mass is 10.0. The number of alkyl halides is 2. The van der Waals surface area contributed by atoms with Crippen molar-refractivity contribution in [2.45, 2.75) is 25.0 Å². The molecule has 0 fully saturated rings. The first-order chi connectivity index (χ1) is 10.5. The lowest BCUT2D eigenvalue weighted by Gasteiger charge is -2.21. The van der Waals surface area contributed by atoms with Crippen LogP contribution in [0.5, 0.6) is 11.5 Å². The van der Waals surface area contributed by atoms with Gasteiger partial charge in [0.2, 0.25) is 0 Å². The molecule has 0 spiro atoms. The van der Waals surface area contributed by atoms with Crippen LogP contribution in [-0.4, -0.2) is 36.3 Å². The van der Waals surface area contributed by atoms with Crippen LogP contribution in [-0.2, 0) is 0 Å². The fourth-order valence-corrected chi connectivity index (χ4v) is 2.84. The summed E-state index contributed by atoms with van der Waals surface area (Å²) in [5.41, 5.74) is 3.79. The number of hydrazone groups is 1. The number of hydrogen-bond acceptors (Lipinski definition) is 5. The van der Waals surface area contributed by atoms with Crippen molar-refractivity contribution >= 4 is 22.7 Å². The van der Waals surface area contributed by atoms with Crippen LogP contribution in [0.4, 0.5) is 13.6 Å². The Morgan fingerprint density at radius 3 is 2.82 bits per heavy atom. The molecule has 1 atom stereocenters. The van der Waals surface area contributed by atoms with Crippen molar-refractivity contribution in [2.24, 2.45) is 5.10 Å². The molecule has 0 saturated heterocycles. The standard InChI is InChI=1S/C14H16F2N2O3S/c1-3-11-13(17-18-14(19)22-11)8-4-5-9(20-2)10(6-8)21-7-12(15)16/h4-6,11-12H,3,7H2,1-2H3,(H,18,19). The van der Waals surface area contributed by atoms with Crippen molar-refractivity contribution in [1.82, 2.24) is 5.43 Å². The first-order valence-electron chi connectivity index (χ1n) is 6.68. The van der Waals surface area contributed by atoms with Crippen LogP contribution in [0, 0.1) is 0 Å². The van der Waals surface area contributed by atoms with Crippen LogP contribution in [0.25, 0.3) is 0 Å². The summed E-state index contributed by atoms with van der Waals surface area (Å²) in [7, 11) is 1.44. The summed E-state index contributed by atoms with van der Waals surface area (Å²) in [6.45, 7) is 1.23. The number of methoxy groups -OCH3 is 1. The number of halogens is 2. The van der Waals surface area contributed by atoms with Crippen molar-refractivity contribution < 1.29 is 23.0 Å². The molecule has 1 aromatic rings. The van der Waals surface area contributed by atoms with Crippen LogP contribution < -0.4 is 14.9 Å². The van der Waals surface area contributed by atoms with Gasteiger partial charge in [0.25, 0.3) is 11.7 Å². The van der Waals surface area contributed by atoms with Crippen LogP contribution in [0.2, 0.25) is 0 Å². The van der Waals surface area contributed by atoms with Gasteiger partial charge in [0.15, 0.2) is 11.5 Å². The summed E-state index contributed by atoms with van der Waals surface area (Å²) in [4.78, 5) is 11.4. The number of nitrogens with one attached hydrogen (secondary N) is 1. The minimum absolute atomic E-state index is 0.0925. The molecule has 5 nitrogen and oxygen atoms in total. The van der Waals surface area contributed by atoms with Gasteiger partial charge in [0.1, 0.15) is 6.61 Å². The molecule has 0 saturated carbocycles. The molecule has 1 unspecified atom stereocenters. The molecule has 120 valence electrons. The van der Waals surface area contributed by atoms with E-state index in [-0.39, 0.29) is 16.2 Å². The number of rotatable bonds is 6. The quantitative estimate of drug-likeness (QED) is 0.869. The first kappa shape index (κ1) is 16.5. The number of carbonyl (C=O) groups is 1. The third-order valence-electron chi connectivity index (χ3n) is 3.02. The highest BCUT2D eigenvalue weighted by Crippen LogP contribution is 2.31. The average Bonchev–Trinajstić information content (AvgIpc) is 2.52. The second-order valence-electron chi connectivity index (χ2n) is 4.48. The van der Waals surface area contributed by atoms with E-state index in [0.29, 0.717) is 17.0 Å². The highest BCUT2D eigenvalue weighted by molar-refractivity contribution is 8.14. The molecule has 1 aliphatic rings. The van der Waals surface area contributed by atoms with Gasteiger partial charge < -0.3 is 9.47 Å². The third kappa shape index (κ3) is 3.88. The van der Waals surface area contributed by atoms with Gasteiger partial charge in [-0.3, -0.25) is 4.79 Å². The Kier molecular flexibility index (Phi) is 5.59. The van der Waals surface area contributed by atoms with Crippen molar-refractivity contribution in [1.29, 1.82) is 0 Å². The van der Waals surface area contributed by atoms with E-state index < -0.39 is 13.0 Å². The molecule has 22 heavy (non-hydrogen) atoms. The number of amides is 1. The van der Waals surface area contributed by atoms with Crippen molar-refractivity contribution in [3.63, 3.8) is 0 Å². The molecule has 0 bridgehead atoms. The van der Waals surface area contributed by atoms with Gasteiger partial charge in [-0.05, 0) is 24.6 Å². The van der Waals surface area contributed by atoms with Gasteiger partial charge in [-0.15, -0.1) is 0 Å². The Morgan fingerprint density at radius 2 is 2.18 bits per heavy atom. The smallest absolute Gasteiger partial charge is 0.299 e. The number of carbonyl (C=O) groups excluding carboxylic acids is 1. The minimum Gasteiger partial charge on any atom is -0.493 e. The molecule has 1 aliphatic heterocycles. The molecular weight excluding hydrogens is 314 g/mol. The maximum atomic E-state index is 12.3. The zero-order chi connectivity index (χ0) is 16.1. The SMILES string of the molecule is CCC1SC(=O)NN=C1c1ccc(OC)c(OCC(F)F)c1. The summed E-state index contributed by atoms with van der Waals surface area (Å²) >= 11 is 1.15. The summed E-state index contributed by atoms with van der Waals surface area (Å²) in [5.74, 6) is 0.588. The van der Waals surface area contributed by atoms with Crippen molar-refractivity contribution in [2.75, 3.05) is 13.7 Å². The molecule has 0 aromatic heterocycles. The van der Waals surface area contributed by atoms with Gasteiger partial charge >= 0.3 is 0 Å². The van der Waals surface area contributed by atoms with E-state index in [1.807, 2.05) is 6.92 Å². The highest BCUT2D eigenvalue weighted by Gasteiger charge is 2.25. The average molecular weight is 330 g/mol. The largest absolute Gasteiger partial charge is 0.493 e. The third-order valence-corrected chi connectivity index (χ3v) is 4.16. The molecule has 8 heteroatoms. The number of thioether (sulfide) groups is 1. The van der Waals surface area contributed by atoms with Crippen LogP contribution in [0.1, 0.15) is 18.9 Å². The molecular formula is C14H16F2N2O3S. The molecule has 1 heterocycles. The Hall–Kier alpha value is -1.83. The van der Waals surface area contributed by atoms with E-state index in [1.54, 1.807) is 18.2 Å². The van der Waals surface area contributed by atoms with E-state index >= 15 is 0 Å². The Labute approximate surface area is 131 Å². The van der Waals surface area contributed by atoms with E-state index in [4.69, 9.17) is 9.47 Å². The van der Waals surface area contributed by atoms with E-state index in [9.17, 15) is 13.6 Å². The first-order valence-corrected chi connectivity index (χ1v) is 7.56. The molecule has 1 aromatic carbocycles. The summed E-state index contributed by atoms with van der Waals surface area (Å²) in [6.07, 6.45) is -1.85. The number of hydrogen-bond donors (Lipinski definition) is 1. The fourth-order valence-electron chi connectivity index (χ4n) is 2.02. The molecule has 0 aliphatic carbocycles. The number of ether oxygens (including phenoxy) is 2. The van der Waals surface area contributed by atoms with Gasteiger partial charge in [-0.25, -0.2) is 14.2 Å². The molecule has 2 rings (SSSR count). The van der Waals surface area contributed by atoms with Crippen molar-refractivity contribution in [3.05, 3.63) is 23.8 Å². The fraction of sp³-hybridized carbons (Fsp3) is 0.429. The Balaban J connectivity index is 2.31. The predicted molar refractivity (Wildman–Crippen MR) is 81.2 cm³/mol. The van der Waals surface area contributed by atoms with E-state index in [0.717, 1.165) is 18.2 Å². The van der Waals surface area contributed by atoms with Crippen molar-refractivity contribution in [3.8, 4) is 11.5 Å². The predicted octanol–water partition coefficient (Wildman–Crippen LogP) is 3.28. The normalized spacial score (nSPS) is 18.0. The maximum absolute atomic E-state index is 12.3. The maximum Gasteiger partial charge on any atom is 0.299 e. The topological polar surface area (TPSA) is 59.9 Å². The second kappa shape index (κ2) is 7.44. The van der Waals surface area contributed by atoms with E-state index in [1.165, 1.54) is 7.11 Å². The minimum atomic E-state index is -2.57. The van der Waals surface area contributed by atoms with Gasteiger partial charge in [-0.2, -0.15) is 5.10 Å². The Bertz CT molecular complexity index is 581. The number of benzene rings is 1. The molecule has 0 radical (unpaired) electrons.